The molecular weight excluding hydrogens is 268 g/mol. The Hall–Kier alpha value is -1.59. The number of hydrogen-bond donors (Lipinski definition) is 2. The zero-order chi connectivity index (χ0) is 14.9. The van der Waals surface area contributed by atoms with Gasteiger partial charge in [0.1, 0.15) is 5.75 Å². The third-order valence-electron chi connectivity index (χ3n) is 3.41. The molecule has 0 heterocycles. The van der Waals surface area contributed by atoms with Crippen LogP contribution < -0.4 is 15.4 Å². The van der Waals surface area contributed by atoms with Crippen LogP contribution in [0.25, 0.3) is 0 Å². The maximum absolute atomic E-state index is 11.7. The van der Waals surface area contributed by atoms with Gasteiger partial charge in [0.2, 0.25) is 0 Å². The molecule has 0 bridgehead atoms. The van der Waals surface area contributed by atoms with Gasteiger partial charge in [-0.25, -0.2) is 0 Å². The summed E-state index contributed by atoms with van der Waals surface area (Å²) in [4.78, 5) is 11.7. The maximum atomic E-state index is 11.7. The van der Waals surface area contributed by atoms with Crippen LogP contribution in [0.2, 0.25) is 0 Å². The number of rotatable bonds is 10. The first kappa shape index (κ1) is 15.8. The Kier molecular flexibility index (Phi) is 6.50. The zero-order valence-corrected chi connectivity index (χ0v) is 12.6. The Labute approximate surface area is 126 Å². The van der Waals surface area contributed by atoms with Crippen molar-refractivity contribution in [1.29, 1.82) is 0 Å². The van der Waals surface area contributed by atoms with Gasteiger partial charge in [-0.2, -0.15) is 0 Å². The monoisotopic (exact) mass is 292 g/mol. The molecule has 0 saturated heterocycles. The number of benzene rings is 1. The van der Waals surface area contributed by atoms with Crippen LogP contribution in [0, 0.1) is 5.92 Å². The normalized spacial score (nSPS) is 14.0. The number of carbonyl (C=O) groups is 1. The summed E-state index contributed by atoms with van der Waals surface area (Å²) in [7, 11) is 1.68. The average Bonchev–Trinajstić information content (AvgIpc) is 3.33. The molecule has 116 valence electrons. The van der Waals surface area contributed by atoms with Gasteiger partial charge in [-0.1, -0.05) is 18.2 Å². The van der Waals surface area contributed by atoms with E-state index in [1.165, 1.54) is 12.8 Å². The molecule has 21 heavy (non-hydrogen) atoms. The van der Waals surface area contributed by atoms with Crippen molar-refractivity contribution in [3.8, 4) is 5.75 Å². The van der Waals surface area contributed by atoms with Crippen molar-refractivity contribution in [2.24, 2.45) is 5.92 Å². The van der Waals surface area contributed by atoms with Crippen LogP contribution in [0.15, 0.2) is 24.3 Å². The van der Waals surface area contributed by atoms with E-state index in [2.05, 4.69) is 10.6 Å². The number of carbonyl (C=O) groups excluding carboxylic acids is 1. The molecule has 2 N–H and O–H groups in total. The van der Waals surface area contributed by atoms with Gasteiger partial charge >= 0.3 is 0 Å². The molecule has 0 radical (unpaired) electrons. The Balaban J connectivity index is 1.74. The molecule has 0 spiro atoms. The van der Waals surface area contributed by atoms with Crippen LogP contribution in [0.1, 0.15) is 18.4 Å². The van der Waals surface area contributed by atoms with Gasteiger partial charge in [-0.3, -0.25) is 4.79 Å². The number of methoxy groups -OCH3 is 1. The third kappa shape index (κ3) is 6.14. The van der Waals surface area contributed by atoms with Crippen molar-refractivity contribution in [1.82, 2.24) is 10.6 Å². The van der Waals surface area contributed by atoms with E-state index in [1.807, 2.05) is 24.3 Å². The predicted molar refractivity (Wildman–Crippen MR) is 81.3 cm³/mol. The Morgan fingerprint density at radius 3 is 2.90 bits per heavy atom. The lowest BCUT2D eigenvalue weighted by Gasteiger charge is -2.12. The third-order valence-corrected chi connectivity index (χ3v) is 3.41. The van der Waals surface area contributed by atoms with Crippen molar-refractivity contribution in [2.75, 3.05) is 33.4 Å². The summed E-state index contributed by atoms with van der Waals surface area (Å²) in [6.45, 7) is 3.01. The first-order chi connectivity index (χ1) is 10.3. The van der Waals surface area contributed by atoms with Gasteiger partial charge in [0.05, 0.1) is 6.61 Å². The van der Waals surface area contributed by atoms with Gasteiger partial charge in [-0.15, -0.1) is 0 Å². The van der Waals surface area contributed by atoms with E-state index >= 15 is 0 Å². The fourth-order valence-corrected chi connectivity index (χ4v) is 1.96. The lowest BCUT2D eigenvalue weighted by molar-refractivity contribution is -0.123. The molecule has 1 aromatic carbocycles. The van der Waals surface area contributed by atoms with Crippen molar-refractivity contribution < 1.29 is 14.3 Å². The number of nitrogens with one attached hydrogen (secondary N) is 2. The summed E-state index contributed by atoms with van der Waals surface area (Å²) in [6.07, 6.45) is 2.47. The van der Waals surface area contributed by atoms with Gasteiger partial charge < -0.3 is 20.1 Å². The van der Waals surface area contributed by atoms with Crippen LogP contribution in [0.5, 0.6) is 5.75 Å². The molecular formula is C16H24N2O3. The smallest absolute Gasteiger partial charge is 0.257 e. The number of amides is 1. The van der Waals surface area contributed by atoms with Crippen molar-refractivity contribution >= 4 is 5.91 Å². The molecule has 1 fully saturated rings. The van der Waals surface area contributed by atoms with Crippen molar-refractivity contribution in [3.05, 3.63) is 29.8 Å². The number of para-hydroxylation sites is 1. The summed E-state index contributed by atoms with van der Waals surface area (Å²) in [5, 5.41) is 6.17. The average molecular weight is 292 g/mol. The predicted octanol–water partition coefficient (Wildman–Crippen LogP) is 1.33. The summed E-state index contributed by atoms with van der Waals surface area (Å²) in [6, 6.07) is 7.77. The first-order valence-corrected chi connectivity index (χ1v) is 7.46. The zero-order valence-electron chi connectivity index (χ0n) is 12.6. The van der Waals surface area contributed by atoms with Crippen molar-refractivity contribution in [3.63, 3.8) is 0 Å². The van der Waals surface area contributed by atoms with Crippen LogP contribution in [0.4, 0.5) is 0 Å². The molecule has 0 unspecified atom stereocenters. The molecule has 5 nitrogen and oxygen atoms in total. The lowest BCUT2D eigenvalue weighted by atomic mass is 10.2. The molecule has 1 aliphatic rings. The topological polar surface area (TPSA) is 59.6 Å². The molecule has 2 rings (SSSR count). The minimum absolute atomic E-state index is 0.0518. The quantitative estimate of drug-likeness (QED) is 0.639. The number of ether oxygens (including phenoxy) is 2. The van der Waals surface area contributed by atoms with E-state index in [0.717, 1.165) is 24.4 Å². The molecule has 0 aliphatic heterocycles. The van der Waals surface area contributed by atoms with E-state index in [-0.39, 0.29) is 12.5 Å². The summed E-state index contributed by atoms with van der Waals surface area (Å²) in [5.74, 6) is 1.39. The van der Waals surface area contributed by atoms with Gasteiger partial charge in [0.15, 0.2) is 6.61 Å². The molecule has 5 heteroatoms. The van der Waals surface area contributed by atoms with E-state index in [4.69, 9.17) is 9.47 Å². The minimum atomic E-state index is -0.0518. The van der Waals surface area contributed by atoms with E-state index in [9.17, 15) is 4.79 Å². The highest BCUT2D eigenvalue weighted by Gasteiger charge is 2.21. The first-order valence-electron chi connectivity index (χ1n) is 7.46. The van der Waals surface area contributed by atoms with E-state index < -0.39 is 0 Å². The highest BCUT2D eigenvalue weighted by Crippen LogP contribution is 2.27. The second-order valence-electron chi connectivity index (χ2n) is 5.31. The highest BCUT2D eigenvalue weighted by atomic mass is 16.5. The fourth-order valence-electron chi connectivity index (χ4n) is 1.96. The largest absolute Gasteiger partial charge is 0.483 e. The van der Waals surface area contributed by atoms with Gasteiger partial charge in [-0.05, 0) is 24.8 Å². The molecule has 1 amide bonds. The van der Waals surface area contributed by atoms with Crippen LogP contribution in [-0.4, -0.2) is 39.3 Å². The standard InChI is InChI=1S/C16H24N2O3/c1-20-9-8-17-11-14-4-2-3-5-15(14)21-12-16(19)18-10-13-6-7-13/h2-5,13,17H,6-12H2,1H3,(H,18,19). The Morgan fingerprint density at radius 2 is 2.14 bits per heavy atom. The minimum Gasteiger partial charge on any atom is -0.483 e. The summed E-state index contributed by atoms with van der Waals surface area (Å²) >= 11 is 0. The Bertz CT molecular complexity index is 447. The van der Waals surface area contributed by atoms with Crippen molar-refractivity contribution in [2.45, 2.75) is 19.4 Å². The molecule has 0 aromatic heterocycles. The van der Waals surface area contributed by atoms with Gasteiger partial charge in [0, 0.05) is 32.3 Å². The highest BCUT2D eigenvalue weighted by molar-refractivity contribution is 5.77. The summed E-state index contributed by atoms with van der Waals surface area (Å²) in [5.41, 5.74) is 1.04. The number of hydrogen-bond acceptors (Lipinski definition) is 4. The van der Waals surface area contributed by atoms with Gasteiger partial charge in [0.25, 0.3) is 5.91 Å². The molecule has 1 aromatic rings. The SMILES string of the molecule is COCCNCc1ccccc1OCC(=O)NCC1CC1. The van der Waals surface area contributed by atoms with E-state index in [1.54, 1.807) is 7.11 Å². The van der Waals surface area contributed by atoms with Crippen LogP contribution >= 0.6 is 0 Å². The fraction of sp³-hybridized carbons (Fsp3) is 0.562. The maximum Gasteiger partial charge on any atom is 0.257 e. The lowest BCUT2D eigenvalue weighted by Crippen LogP contribution is -2.30. The van der Waals surface area contributed by atoms with Crippen LogP contribution in [-0.2, 0) is 16.1 Å². The molecule has 0 atom stereocenters. The Morgan fingerprint density at radius 1 is 1.33 bits per heavy atom. The second-order valence-corrected chi connectivity index (χ2v) is 5.31. The van der Waals surface area contributed by atoms with Crippen LogP contribution in [0.3, 0.4) is 0 Å². The molecule has 1 aliphatic carbocycles. The molecule has 1 saturated carbocycles. The second kappa shape index (κ2) is 8.64. The summed E-state index contributed by atoms with van der Waals surface area (Å²) < 4.78 is 10.6. The van der Waals surface area contributed by atoms with E-state index in [0.29, 0.717) is 19.1 Å².